The van der Waals surface area contributed by atoms with E-state index in [0.29, 0.717) is 5.88 Å². The van der Waals surface area contributed by atoms with Crippen molar-refractivity contribution in [3.8, 4) is 33.9 Å². The van der Waals surface area contributed by atoms with E-state index in [2.05, 4.69) is 78.6 Å². The average Bonchev–Trinajstić information content (AvgIpc) is 3.19. The summed E-state index contributed by atoms with van der Waals surface area (Å²) < 4.78 is 10.4. The van der Waals surface area contributed by atoms with E-state index >= 15 is 0 Å². The molecule has 0 N–H and O–H groups in total. The fourth-order valence-corrected chi connectivity index (χ4v) is 14.7. The summed E-state index contributed by atoms with van der Waals surface area (Å²) in [6, 6.07) is 32.4. The van der Waals surface area contributed by atoms with Crippen molar-refractivity contribution >= 4 is 31.7 Å². The SMILES string of the molecule is Cc1ccn[c]([Bi]2[c]3ccccc3-c3ccc(-c4cccc(Oc5ncccc5C)c4)c[c]32)c1. The molecule has 4 heteroatoms. The van der Waals surface area contributed by atoms with Crippen LogP contribution in [0, 0.1) is 13.8 Å². The molecule has 0 atom stereocenters. The molecule has 0 fully saturated rings. The van der Waals surface area contributed by atoms with Crippen LogP contribution in [0.25, 0.3) is 22.3 Å². The third kappa shape index (κ3) is 3.83. The molecule has 34 heavy (non-hydrogen) atoms. The van der Waals surface area contributed by atoms with Gasteiger partial charge >= 0.3 is 209 Å². The van der Waals surface area contributed by atoms with Crippen molar-refractivity contribution in [3.63, 3.8) is 0 Å². The van der Waals surface area contributed by atoms with Crippen LogP contribution in [0.2, 0.25) is 0 Å². The van der Waals surface area contributed by atoms with Gasteiger partial charge in [0.1, 0.15) is 0 Å². The molecule has 3 heterocycles. The molecule has 2 aromatic heterocycles. The molecule has 0 saturated heterocycles. The van der Waals surface area contributed by atoms with Gasteiger partial charge in [-0.3, -0.25) is 0 Å². The Balaban J connectivity index is 1.43. The molecule has 0 bridgehead atoms. The zero-order chi connectivity index (χ0) is 23.1. The summed E-state index contributed by atoms with van der Waals surface area (Å²) in [5.41, 5.74) is 7.40. The Morgan fingerprint density at radius 1 is 0.647 bits per heavy atom. The Morgan fingerprint density at radius 3 is 2.38 bits per heavy atom. The number of benzene rings is 3. The van der Waals surface area contributed by atoms with E-state index in [1.165, 1.54) is 32.2 Å². The Hall–Kier alpha value is -3.36. The number of fused-ring (bicyclic) bond motifs is 3. The van der Waals surface area contributed by atoms with E-state index in [4.69, 9.17) is 9.72 Å². The van der Waals surface area contributed by atoms with Crippen molar-refractivity contribution < 1.29 is 4.74 Å². The third-order valence-electron chi connectivity index (χ3n) is 6.15. The van der Waals surface area contributed by atoms with Gasteiger partial charge in [0.05, 0.1) is 0 Å². The number of nitrogens with zero attached hydrogens (tertiary/aromatic N) is 2. The standard InChI is InChI=1S/C24H17NO.C6H6N.Bi/c1-18-7-6-16-25-24(18)26-23-11-5-10-22(17-23)21-14-12-20(13-15-21)19-8-3-2-4-9-19;1-6-2-4-7-5-3-6;/h2-8,10-12,14-17H,1H3;2-4H,1H3;. The van der Waals surface area contributed by atoms with Crippen LogP contribution in [0.5, 0.6) is 11.6 Å². The predicted octanol–water partition coefficient (Wildman–Crippen LogP) is 5.05. The van der Waals surface area contributed by atoms with Gasteiger partial charge in [-0.1, -0.05) is 0 Å². The molecule has 0 spiro atoms. The summed E-state index contributed by atoms with van der Waals surface area (Å²) in [5.74, 6) is 1.44. The van der Waals surface area contributed by atoms with Gasteiger partial charge in [-0.15, -0.1) is 0 Å². The minimum atomic E-state index is -2.47. The molecule has 0 unspecified atom stereocenters. The summed E-state index contributed by atoms with van der Waals surface area (Å²) >= 11 is -2.47. The van der Waals surface area contributed by atoms with E-state index in [0.717, 1.165) is 16.9 Å². The number of pyridine rings is 2. The molecule has 0 saturated carbocycles. The van der Waals surface area contributed by atoms with Crippen molar-refractivity contribution in [2.24, 2.45) is 0 Å². The van der Waals surface area contributed by atoms with E-state index in [1.807, 2.05) is 37.4 Å². The van der Waals surface area contributed by atoms with Gasteiger partial charge in [0, 0.05) is 0 Å². The molecule has 0 amide bonds. The Bertz CT molecular complexity index is 1530. The van der Waals surface area contributed by atoms with Crippen molar-refractivity contribution in [1.82, 2.24) is 9.97 Å². The molecule has 5 aromatic rings. The molecule has 0 aliphatic carbocycles. The van der Waals surface area contributed by atoms with Crippen LogP contribution >= 0.6 is 0 Å². The zero-order valence-electron chi connectivity index (χ0n) is 19.1. The van der Waals surface area contributed by atoms with Crippen LogP contribution in [0.15, 0.2) is 103 Å². The van der Waals surface area contributed by atoms with Gasteiger partial charge in [0.2, 0.25) is 0 Å². The first-order chi connectivity index (χ1) is 16.7. The van der Waals surface area contributed by atoms with Crippen LogP contribution in [0.1, 0.15) is 11.1 Å². The van der Waals surface area contributed by atoms with Crippen LogP contribution in [-0.2, 0) is 0 Å². The summed E-state index contributed by atoms with van der Waals surface area (Å²) in [7, 11) is 0. The molecular weight excluding hydrogens is 613 g/mol. The van der Waals surface area contributed by atoms with Crippen molar-refractivity contribution in [2.75, 3.05) is 0 Å². The molecule has 6 rings (SSSR count). The first kappa shape index (κ1) is 21.2. The quantitative estimate of drug-likeness (QED) is 0.254. The van der Waals surface area contributed by atoms with E-state index in [9.17, 15) is 0 Å². The van der Waals surface area contributed by atoms with Crippen LogP contribution in [0.3, 0.4) is 0 Å². The minimum absolute atomic E-state index is 0.644. The summed E-state index contributed by atoms with van der Waals surface area (Å²) in [5, 5.41) is 0. The zero-order valence-corrected chi connectivity index (χ0v) is 22.5. The fourth-order valence-electron chi connectivity index (χ4n) is 4.47. The number of hydrogen-bond donors (Lipinski definition) is 0. The molecule has 1 aliphatic rings. The monoisotopic (exact) mass is 636 g/mol. The molecule has 1 aliphatic heterocycles. The van der Waals surface area contributed by atoms with Gasteiger partial charge in [-0.05, 0) is 0 Å². The molecular formula is C30H23BiN2O. The second kappa shape index (κ2) is 8.78. The van der Waals surface area contributed by atoms with Crippen molar-refractivity contribution in [1.29, 1.82) is 0 Å². The predicted molar refractivity (Wildman–Crippen MR) is 140 cm³/mol. The summed E-state index contributed by atoms with van der Waals surface area (Å²) in [4.78, 5) is 9.23. The first-order valence-electron chi connectivity index (χ1n) is 11.3. The maximum absolute atomic E-state index is 6.11. The normalized spacial score (nSPS) is 12.3. The number of ether oxygens (including phenoxy) is 1. The second-order valence-electron chi connectivity index (χ2n) is 8.53. The molecule has 0 radical (unpaired) electrons. The number of rotatable bonds is 4. The fraction of sp³-hybridized carbons (Fsp3) is 0.0667. The van der Waals surface area contributed by atoms with Gasteiger partial charge in [-0.2, -0.15) is 0 Å². The second-order valence-corrected chi connectivity index (χ2v) is 16.7. The maximum atomic E-state index is 6.11. The topological polar surface area (TPSA) is 35.0 Å². The van der Waals surface area contributed by atoms with E-state index in [-0.39, 0.29) is 0 Å². The Labute approximate surface area is 207 Å². The average molecular weight is 637 g/mol. The summed E-state index contributed by atoms with van der Waals surface area (Å²) in [6.45, 7) is 4.17. The molecule has 164 valence electrons. The van der Waals surface area contributed by atoms with Crippen LogP contribution in [0.4, 0.5) is 0 Å². The third-order valence-corrected chi connectivity index (χ3v) is 15.6. The number of aryl methyl sites for hydroxylation is 2. The van der Waals surface area contributed by atoms with Crippen molar-refractivity contribution in [3.05, 3.63) is 115 Å². The van der Waals surface area contributed by atoms with Crippen molar-refractivity contribution in [2.45, 2.75) is 13.8 Å². The Kier molecular flexibility index (Phi) is 5.47. The summed E-state index contributed by atoms with van der Waals surface area (Å²) in [6.07, 6.45) is 3.72. The number of hydrogen-bond acceptors (Lipinski definition) is 3. The van der Waals surface area contributed by atoms with Gasteiger partial charge in [0.15, 0.2) is 0 Å². The Morgan fingerprint density at radius 2 is 1.50 bits per heavy atom. The molecule has 3 aromatic carbocycles. The van der Waals surface area contributed by atoms with Crippen LogP contribution in [-0.4, -0.2) is 31.7 Å². The van der Waals surface area contributed by atoms with Gasteiger partial charge < -0.3 is 0 Å². The van der Waals surface area contributed by atoms with Gasteiger partial charge in [0.25, 0.3) is 0 Å². The van der Waals surface area contributed by atoms with Gasteiger partial charge in [-0.25, -0.2) is 0 Å². The van der Waals surface area contributed by atoms with E-state index < -0.39 is 21.8 Å². The van der Waals surface area contributed by atoms with Crippen LogP contribution < -0.4 is 14.7 Å². The first-order valence-corrected chi connectivity index (χ1v) is 16.5. The molecule has 3 nitrogen and oxygen atoms in total. The van der Waals surface area contributed by atoms with E-state index in [1.54, 1.807) is 6.20 Å². The number of aromatic nitrogens is 2.